The molecule has 1 N–H and O–H groups in total. The smallest absolute Gasteiger partial charge is 0.274 e. The van der Waals surface area contributed by atoms with Crippen LogP contribution in [0.2, 0.25) is 0 Å². The molecule has 0 fully saturated rings. The van der Waals surface area contributed by atoms with E-state index in [-0.39, 0.29) is 31.1 Å². The first kappa shape index (κ1) is 19.6. The van der Waals surface area contributed by atoms with Gasteiger partial charge < -0.3 is 5.32 Å². The summed E-state index contributed by atoms with van der Waals surface area (Å²) in [5, 5.41) is 19.9. The molecule has 0 saturated heterocycles. The van der Waals surface area contributed by atoms with Crippen molar-refractivity contribution in [1.82, 2.24) is 40.2 Å². The number of amides is 1. The maximum atomic E-state index is 12.4. The molecule has 0 aliphatic heterocycles. The summed E-state index contributed by atoms with van der Waals surface area (Å²) in [6.07, 6.45) is 1.65. The van der Waals surface area contributed by atoms with Crippen LogP contribution in [0, 0.1) is 0 Å². The first-order valence-electron chi connectivity index (χ1n) is 9.12. The molecule has 10 heteroatoms. The number of tetrazole rings is 1. The fourth-order valence-electron chi connectivity index (χ4n) is 2.65. The average Bonchev–Trinajstić information content (AvgIpc) is 3.10. The molecule has 0 spiro atoms. The fraction of sp³-hybridized carbons (Fsp3) is 0.444. The Morgan fingerprint density at radius 3 is 2.82 bits per heavy atom. The number of rotatable bonds is 8. The number of benzene rings is 1. The van der Waals surface area contributed by atoms with Crippen molar-refractivity contribution in [3.63, 3.8) is 0 Å². The molecule has 1 amide bonds. The van der Waals surface area contributed by atoms with Crippen LogP contribution in [-0.2, 0) is 24.4 Å². The molecule has 148 valence electrons. The van der Waals surface area contributed by atoms with Crippen LogP contribution in [0.3, 0.4) is 0 Å². The molecule has 0 aliphatic rings. The number of nitrogens with zero attached hydrogens (tertiary/aromatic N) is 7. The van der Waals surface area contributed by atoms with Gasteiger partial charge in [-0.25, -0.2) is 9.36 Å². The lowest BCUT2D eigenvalue weighted by Gasteiger charge is -2.19. The summed E-state index contributed by atoms with van der Waals surface area (Å²) in [5.41, 5.74) is -0.174. The number of fused-ring (bicyclic) bond motifs is 1. The lowest BCUT2D eigenvalue weighted by Crippen LogP contribution is -2.35. The zero-order chi connectivity index (χ0) is 20.1. The molecule has 28 heavy (non-hydrogen) atoms. The van der Waals surface area contributed by atoms with Crippen LogP contribution in [0.1, 0.15) is 19.7 Å². The number of hydrogen-bond acceptors (Lipinski definition) is 7. The normalized spacial score (nSPS) is 11.5. The Hall–Kier alpha value is -3.14. The van der Waals surface area contributed by atoms with Crippen molar-refractivity contribution in [3.8, 4) is 0 Å². The van der Waals surface area contributed by atoms with Gasteiger partial charge in [0, 0.05) is 18.0 Å². The van der Waals surface area contributed by atoms with Crippen LogP contribution in [0.15, 0.2) is 35.3 Å². The predicted octanol–water partition coefficient (Wildman–Crippen LogP) is 0.0396. The number of aromatic nitrogens is 6. The van der Waals surface area contributed by atoms with E-state index in [9.17, 15) is 9.59 Å². The number of carbonyl (C=O) groups is 1. The third-order valence-electron chi connectivity index (χ3n) is 4.58. The van der Waals surface area contributed by atoms with Gasteiger partial charge in [0.1, 0.15) is 6.54 Å². The van der Waals surface area contributed by atoms with Crippen molar-refractivity contribution in [2.45, 2.75) is 39.5 Å². The molecule has 0 saturated carbocycles. The molecule has 3 aromatic rings. The van der Waals surface area contributed by atoms with Crippen molar-refractivity contribution in [2.24, 2.45) is 0 Å². The van der Waals surface area contributed by atoms with E-state index >= 15 is 0 Å². The summed E-state index contributed by atoms with van der Waals surface area (Å²) in [6, 6.07) is 7.63. The monoisotopic (exact) mass is 384 g/mol. The van der Waals surface area contributed by atoms with Gasteiger partial charge in [0.25, 0.3) is 5.56 Å². The van der Waals surface area contributed by atoms with Crippen molar-refractivity contribution < 1.29 is 4.79 Å². The highest BCUT2D eigenvalue weighted by molar-refractivity contribution is 5.80. The topological polar surface area (TPSA) is 111 Å². The molecule has 0 radical (unpaired) electrons. The first-order valence-corrected chi connectivity index (χ1v) is 9.12. The lowest BCUT2D eigenvalue weighted by atomic mass is 10.2. The van der Waals surface area contributed by atoms with Crippen molar-refractivity contribution >= 4 is 16.7 Å². The van der Waals surface area contributed by atoms with E-state index in [4.69, 9.17) is 0 Å². The van der Waals surface area contributed by atoms with Gasteiger partial charge in [-0.2, -0.15) is 5.10 Å². The van der Waals surface area contributed by atoms with E-state index < -0.39 is 0 Å². The summed E-state index contributed by atoms with van der Waals surface area (Å²) >= 11 is 0. The minimum absolute atomic E-state index is 0.0221. The third-order valence-corrected chi connectivity index (χ3v) is 4.58. The molecular formula is C18H24N8O2. The number of hydrogen-bond donors (Lipinski definition) is 1. The highest BCUT2D eigenvalue weighted by Crippen LogP contribution is 2.06. The van der Waals surface area contributed by atoms with Gasteiger partial charge >= 0.3 is 0 Å². The van der Waals surface area contributed by atoms with E-state index in [2.05, 4.69) is 44.7 Å². The van der Waals surface area contributed by atoms with E-state index in [0.717, 1.165) is 5.39 Å². The van der Waals surface area contributed by atoms with Crippen LogP contribution >= 0.6 is 0 Å². The third kappa shape index (κ3) is 4.58. The zero-order valence-corrected chi connectivity index (χ0v) is 16.2. The van der Waals surface area contributed by atoms with Crippen LogP contribution in [-0.4, -0.2) is 60.4 Å². The maximum Gasteiger partial charge on any atom is 0.274 e. The van der Waals surface area contributed by atoms with Crippen LogP contribution in [0.5, 0.6) is 0 Å². The van der Waals surface area contributed by atoms with Gasteiger partial charge in [-0.1, -0.05) is 18.2 Å². The standard InChI is InChI=1S/C18H24N8O2/c1-13(2)24(3)11-16-21-22-23-26(16)12-17(27)19-8-9-25-18(28)15-7-5-4-6-14(15)10-20-25/h4-7,10,13H,8-9,11-12H2,1-3H3,(H,19,27). The molecule has 3 rings (SSSR count). The van der Waals surface area contributed by atoms with Crippen LogP contribution < -0.4 is 10.9 Å². The second kappa shape index (κ2) is 8.70. The van der Waals surface area contributed by atoms with E-state index in [0.29, 0.717) is 23.8 Å². The van der Waals surface area contributed by atoms with Crippen molar-refractivity contribution in [1.29, 1.82) is 0 Å². The highest BCUT2D eigenvalue weighted by atomic mass is 16.2. The Labute approximate surface area is 162 Å². The van der Waals surface area contributed by atoms with Crippen molar-refractivity contribution in [3.05, 3.63) is 46.6 Å². The lowest BCUT2D eigenvalue weighted by molar-refractivity contribution is -0.121. The van der Waals surface area contributed by atoms with Crippen LogP contribution in [0.25, 0.3) is 10.8 Å². The SMILES string of the molecule is CC(C)N(C)Cc1nnnn1CC(=O)NCCn1ncc2ccccc2c1=O. The van der Waals surface area contributed by atoms with E-state index in [1.807, 2.05) is 25.2 Å². The van der Waals surface area contributed by atoms with Gasteiger partial charge in [0.05, 0.1) is 24.7 Å². The molecule has 0 atom stereocenters. The van der Waals surface area contributed by atoms with Gasteiger partial charge in [-0.05, 0) is 37.4 Å². The Kier molecular flexibility index (Phi) is 6.09. The Morgan fingerprint density at radius 2 is 2.04 bits per heavy atom. The fourth-order valence-corrected chi connectivity index (χ4v) is 2.65. The second-order valence-electron chi connectivity index (χ2n) is 6.87. The Bertz CT molecular complexity index is 1010. The highest BCUT2D eigenvalue weighted by Gasteiger charge is 2.14. The minimum Gasteiger partial charge on any atom is -0.353 e. The molecule has 0 unspecified atom stereocenters. The Morgan fingerprint density at radius 1 is 1.25 bits per heavy atom. The molecule has 0 aliphatic carbocycles. The maximum absolute atomic E-state index is 12.4. The quantitative estimate of drug-likeness (QED) is 0.584. The summed E-state index contributed by atoms with van der Waals surface area (Å²) < 4.78 is 2.83. The van der Waals surface area contributed by atoms with Gasteiger partial charge in [0.15, 0.2) is 5.82 Å². The summed E-state index contributed by atoms with van der Waals surface area (Å²) in [7, 11) is 1.97. The van der Waals surface area contributed by atoms with Gasteiger partial charge in [-0.15, -0.1) is 5.10 Å². The average molecular weight is 384 g/mol. The summed E-state index contributed by atoms with van der Waals surface area (Å²) in [6.45, 7) is 5.29. The summed E-state index contributed by atoms with van der Waals surface area (Å²) in [4.78, 5) is 26.7. The van der Waals surface area contributed by atoms with Crippen LogP contribution in [0.4, 0.5) is 0 Å². The number of nitrogens with one attached hydrogen (secondary N) is 1. The second-order valence-corrected chi connectivity index (χ2v) is 6.87. The molecular weight excluding hydrogens is 360 g/mol. The minimum atomic E-state index is -0.227. The zero-order valence-electron chi connectivity index (χ0n) is 16.2. The van der Waals surface area contributed by atoms with E-state index in [1.165, 1.54) is 9.36 Å². The molecule has 1 aromatic carbocycles. The summed E-state index contributed by atoms with van der Waals surface area (Å²) in [5.74, 6) is 0.397. The van der Waals surface area contributed by atoms with Crippen molar-refractivity contribution in [2.75, 3.05) is 13.6 Å². The molecule has 2 aromatic heterocycles. The Balaban J connectivity index is 1.55. The first-order chi connectivity index (χ1) is 13.5. The molecule has 2 heterocycles. The van der Waals surface area contributed by atoms with Gasteiger partial charge in [-0.3, -0.25) is 14.5 Å². The number of carbonyl (C=O) groups excluding carboxylic acids is 1. The molecule has 10 nitrogen and oxygen atoms in total. The largest absolute Gasteiger partial charge is 0.353 e. The molecule has 0 bridgehead atoms. The predicted molar refractivity (Wildman–Crippen MR) is 103 cm³/mol. The van der Waals surface area contributed by atoms with Gasteiger partial charge in [0.2, 0.25) is 5.91 Å². The van der Waals surface area contributed by atoms with E-state index in [1.54, 1.807) is 12.3 Å².